The predicted molar refractivity (Wildman–Crippen MR) is 178 cm³/mol. The fraction of sp³-hybridized carbons (Fsp3) is 0.515. The Labute approximate surface area is 281 Å². The number of allylic oxidation sites excluding steroid dienone is 1. The van der Waals surface area contributed by atoms with Crippen LogP contribution in [-0.4, -0.2) is 87.0 Å². The number of amides is 1. The largest absolute Gasteiger partial charge is 0.394 e. The molecule has 2 aliphatic heterocycles. The number of aliphatic hydroxyl groups excluding tert-OH is 1. The van der Waals surface area contributed by atoms with Gasteiger partial charge in [0.25, 0.3) is 11.5 Å². The maximum Gasteiger partial charge on any atom is 0.331 e. The molecule has 7 N–H and O–H groups in total. The van der Waals surface area contributed by atoms with Gasteiger partial charge in [0.1, 0.15) is 35.2 Å². The number of hydrogen-bond acceptors (Lipinski definition) is 12. The summed E-state index contributed by atoms with van der Waals surface area (Å²) in [5, 5.41) is 10.1. The number of rotatable bonds is 15. The van der Waals surface area contributed by atoms with Crippen LogP contribution in [0.3, 0.4) is 0 Å². The van der Waals surface area contributed by atoms with Gasteiger partial charge < -0.3 is 39.5 Å². The first-order valence-electron chi connectivity index (χ1n) is 16.1. The lowest BCUT2D eigenvalue weighted by Gasteiger charge is -2.31. The van der Waals surface area contributed by atoms with Crippen LogP contribution < -0.4 is 28.3 Å². The number of hydrazine groups is 1. The number of ketones is 1. The van der Waals surface area contributed by atoms with Crippen LogP contribution in [-0.2, 0) is 30.2 Å². The lowest BCUT2D eigenvalue weighted by Crippen LogP contribution is -2.42. The summed E-state index contributed by atoms with van der Waals surface area (Å²) in [4.78, 5) is 54.2. The van der Waals surface area contributed by atoms with Gasteiger partial charge in [-0.3, -0.25) is 28.9 Å². The molecule has 1 amide bonds. The minimum absolute atomic E-state index is 0.0226. The van der Waals surface area contributed by atoms with Crippen molar-refractivity contribution in [1.82, 2.24) is 19.5 Å². The quantitative estimate of drug-likeness (QED) is 0.0497. The van der Waals surface area contributed by atoms with Crippen molar-refractivity contribution in [3.05, 3.63) is 75.0 Å². The third-order valence-electron chi connectivity index (χ3n) is 9.08. The van der Waals surface area contributed by atoms with Crippen molar-refractivity contribution < 1.29 is 38.4 Å². The van der Waals surface area contributed by atoms with Crippen LogP contribution in [0, 0.1) is 5.92 Å². The average molecular weight is 685 g/mol. The van der Waals surface area contributed by atoms with E-state index in [1.807, 2.05) is 20.8 Å². The van der Waals surface area contributed by atoms with Crippen molar-refractivity contribution in [2.75, 3.05) is 25.6 Å². The molecular formula is C33H44N6O10. The third-order valence-corrected chi connectivity index (χ3v) is 9.08. The van der Waals surface area contributed by atoms with E-state index in [-0.39, 0.29) is 48.3 Å². The summed E-state index contributed by atoms with van der Waals surface area (Å²) in [6, 6.07) is 7.62. The summed E-state index contributed by atoms with van der Waals surface area (Å²) >= 11 is 0. The number of benzene rings is 1. The van der Waals surface area contributed by atoms with Gasteiger partial charge in [0, 0.05) is 23.7 Å². The Hall–Kier alpha value is -4.16. The summed E-state index contributed by atoms with van der Waals surface area (Å²) < 4.78 is 33.4. The number of nitrogens with two attached hydrogens (primary N) is 2. The molecule has 16 heteroatoms. The number of fused-ring (bicyclic) bond motifs is 2. The third kappa shape index (κ3) is 6.98. The molecule has 3 unspecified atom stereocenters. The average Bonchev–Trinajstić information content (AvgIpc) is 3.73. The number of nitrogens with zero attached hydrogens (tertiary/aromatic N) is 2. The highest BCUT2D eigenvalue weighted by Gasteiger charge is 2.54. The van der Waals surface area contributed by atoms with Crippen LogP contribution in [0.2, 0.25) is 0 Å². The number of hydrogen-bond donors (Lipinski definition) is 5. The van der Waals surface area contributed by atoms with Crippen LogP contribution in [0.25, 0.3) is 11.0 Å². The Bertz CT molecular complexity index is 1800. The van der Waals surface area contributed by atoms with Crippen LogP contribution in [0.1, 0.15) is 61.1 Å². The van der Waals surface area contributed by atoms with Gasteiger partial charge in [-0.05, 0) is 31.4 Å². The highest BCUT2D eigenvalue weighted by molar-refractivity contribution is 6.03. The zero-order valence-electron chi connectivity index (χ0n) is 27.9. The number of aliphatic hydroxyl groups is 1. The number of nitrogens with one attached hydrogen (secondary N) is 2. The minimum atomic E-state index is -1.17. The van der Waals surface area contributed by atoms with Crippen LogP contribution in [0.4, 0.5) is 5.82 Å². The molecule has 5 rings (SSSR count). The van der Waals surface area contributed by atoms with E-state index in [4.69, 9.17) is 35.3 Å². The topological polar surface area (TPSA) is 224 Å². The van der Waals surface area contributed by atoms with Crippen molar-refractivity contribution in [2.24, 2.45) is 11.8 Å². The lowest BCUT2D eigenvalue weighted by molar-refractivity contribution is -0.185. The molecule has 1 aromatic carbocycles. The van der Waals surface area contributed by atoms with Crippen molar-refractivity contribution in [3.63, 3.8) is 0 Å². The van der Waals surface area contributed by atoms with Crippen LogP contribution in [0.5, 0.6) is 0 Å². The fourth-order valence-corrected chi connectivity index (χ4v) is 6.10. The molecule has 2 saturated heterocycles. The number of nitrogen functional groups attached to an aromatic ring is 2. The lowest BCUT2D eigenvalue weighted by atomic mass is 9.91. The first-order valence-corrected chi connectivity index (χ1v) is 16.1. The first-order chi connectivity index (χ1) is 23.4. The van der Waals surface area contributed by atoms with E-state index in [2.05, 4.69) is 17.0 Å². The Morgan fingerprint density at radius 2 is 1.84 bits per heavy atom. The minimum Gasteiger partial charge on any atom is -0.394 e. The predicted octanol–water partition coefficient (Wildman–Crippen LogP) is 0.972. The number of anilines is 1. The Morgan fingerprint density at radius 1 is 1.16 bits per heavy atom. The van der Waals surface area contributed by atoms with Gasteiger partial charge in [-0.2, -0.15) is 0 Å². The number of carbonyl (C=O) groups is 2. The number of Topliss-reactive ketones (excluding diaryl/α,β-unsaturated/α-hetero) is 1. The smallest absolute Gasteiger partial charge is 0.331 e. The number of ether oxygens (including phenoxy) is 5. The van der Waals surface area contributed by atoms with Crippen LogP contribution >= 0.6 is 0 Å². The zero-order valence-corrected chi connectivity index (χ0v) is 27.9. The molecule has 7 atom stereocenters. The van der Waals surface area contributed by atoms with E-state index in [1.54, 1.807) is 19.1 Å². The summed E-state index contributed by atoms with van der Waals surface area (Å²) in [7, 11) is 0. The van der Waals surface area contributed by atoms with Crippen molar-refractivity contribution in [3.8, 4) is 0 Å². The molecule has 4 heterocycles. The maximum atomic E-state index is 13.6. The van der Waals surface area contributed by atoms with Gasteiger partial charge in [0.2, 0.25) is 0 Å². The standard InChI is InChI=1S/C33H44N6O10/c1-6-12-38-25-20(13-23(34)36-30(25)43)39(32(38)44)31-27-26(21(14-40)47-31)48-24(49-27)16-45-22(17(3)4)15-46-33(5,7-2)28(41)18-8-10-19(11-9-18)29(42)37-35/h6,8-11,13,17,21-22,24,26-27,31,40H,1,7,12,14-16,35H2,2-5H3,(H,37,42)(H3,34,36,43)/t21-,22?,24?,26-,27-,31-,33?/m1/s1. The molecular weight excluding hydrogens is 640 g/mol. The molecule has 0 radical (unpaired) electrons. The molecule has 0 saturated carbocycles. The number of aromatic nitrogens is 3. The van der Waals surface area contributed by atoms with Gasteiger partial charge >= 0.3 is 5.69 Å². The summed E-state index contributed by atoms with van der Waals surface area (Å²) in [5.74, 6) is 4.52. The van der Waals surface area contributed by atoms with Gasteiger partial charge in [-0.25, -0.2) is 10.6 Å². The van der Waals surface area contributed by atoms with E-state index in [0.717, 1.165) is 0 Å². The fourth-order valence-electron chi connectivity index (χ4n) is 6.10. The molecule has 0 aliphatic carbocycles. The number of carbonyl (C=O) groups excluding carboxylic acids is 2. The van der Waals surface area contributed by atoms with Crippen molar-refractivity contribution in [2.45, 2.75) is 83.2 Å². The Kier molecular flexibility index (Phi) is 10.9. The molecule has 266 valence electrons. The van der Waals surface area contributed by atoms with Crippen LogP contribution in [0.15, 0.2) is 52.6 Å². The zero-order chi connectivity index (χ0) is 35.6. The van der Waals surface area contributed by atoms with Crippen molar-refractivity contribution >= 4 is 28.5 Å². The van der Waals surface area contributed by atoms with Gasteiger partial charge in [-0.15, -0.1) is 6.58 Å². The first kappa shape index (κ1) is 36.1. The molecule has 16 nitrogen and oxygen atoms in total. The maximum absolute atomic E-state index is 13.6. The highest BCUT2D eigenvalue weighted by atomic mass is 16.8. The second-order valence-corrected chi connectivity index (χ2v) is 12.6. The molecule has 2 aliphatic rings. The van der Waals surface area contributed by atoms with E-state index >= 15 is 0 Å². The molecule has 49 heavy (non-hydrogen) atoms. The van der Waals surface area contributed by atoms with E-state index in [1.165, 1.54) is 33.4 Å². The molecule has 2 fully saturated rings. The van der Waals surface area contributed by atoms with Crippen molar-refractivity contribution in [1.29, 1.82) is 0 Å². The summed E-state index contributed by atoms with van der Waals surface area (Å²) in [5.41, 5.74) is 6.76. The molecule has 3 aromatic rings. The van der Waals surface area contributed by atoms with E-state index in [9.17, 15) is 24.3 Å². The number of H-pyrrole nitrogens is 1. The second-order valence-electron chi connectivity index (χ2n) is 12.6. The molecule has 2 aromatic heterocycles. The Morgan fingerprint density at radius 3 is 2.45 bits per heavy atom. The molecule has 0 bridgehead atoms. The van der Waals surface area contributed by atoms with Gasteiger partial charge in [0.05, 0.1) is 31.4 Å². The summed E-state index contributed by atoms with van der Waals surface area (Å²) in [6.45, 7) is 10.9. The molecule has 0 spiro atoms. The summed E-state index contributed by atoms with van der Waals surface area (Å²) in [6.07, 6.45) is -2.92. The Balaban J connectivity index is 1.29. The van der Waals surface area contributed by atoms with E-state index < -0.39 is 66.3 Å². The van der Waals surface area contributed by atoms with Gasteiger partial charge in [-0.1, -0.05) is 39.0 Å². The normalized spacial score (nSPS) is 23.8. The monoisotopic (exact) mass is 684 g/mol. The number of imidazole rings is 1. The SMILES string of the molecule is C=CCn1c(=O)n([C@@H]2O[C@H](CO)[C@H]3OC(COC(COC(C)(CC)C(=O)c4ccc(C(=O)NN)cc4)C(C)C)O[C@H]32)c2cc(N)[nH]c(=O)c21. The highest BCUT2D eigenvalue weighted by Crippen LogP contribution is 2.40. The van der Waals surface area contributed by atoms with Gasteiger partial charge in [0.15, 0.2) is 18.3 Å². The number of aromatic amines is 1. The number of pyridine rings is 1. The second kappa shape index (κ2) is 14.8. The van der Waals surface area contributed by atoms with E-state index in [0.29, 0.717) is 17.5 Å².